The number of likely N-dealkylation sites (tertiary alicyclic amines) is 1. The number of piperidine rings is 1. The molecular formula is C20H25N3O4. The van der Waals surface area contributed by atoms with Crippen molar-refractivity contribution in [3.8, 4) is 5.75 Å². The first kappa shape index (κ1) is 17.8. The number of fused-ring (bicyclic) bond motifs is 1. The Labute approximate surface area is 158 Å². The number of benzene rings is 1. The normalized spacial score (nSPS) is 20.1. The zero-order valence-electron chi connectivity index (χ0n) is 15.4. The van der Waals surface area contributed by atoms with Crippen molar-refractivity contribution in [2.45, 2.75) is 38.1 Å². The van der Waals surface area contributed by atoms with Gasteiger partial charge in [0.15, 0.2) is 6.61 Å². The summed E-state index contributed by atoms with van der Waals surface area (Å²) < 4.78 is 5.43. The molecule has 3 amide bonds. The van der Waals surface area contributed by atoms with E-state index in [9.17, 15) is 14.4 Å². The smallest absolute Gasteiger partial charge is 0.265 e. The molecule has 1 saturated carbocycles. The third-order valence-electron chi connectivity index (χ3n) is 5.50. The lowest BCUT2D eigenvalue weighted by atomic mass is 9.95. The lowest BCUT2D eigenvalue weighted by Crippen LogP contribution is -2.45. The molecule has 0 aromatic heterocycles. The van der Waals surface area contributed by atoms with E-state index >= 15 is 0 Å². The zero-order valence-corrected chi connectivity index (χ0v) is 15.4. The quantitative estimate of drug-likeness (QED) is 0.847. The molecule has 0 atom stereocenters. The average molecular weight is 371 g/mol. The van der Waals surface area contributed by atoms with Crippen molar-refractivity contribution in [1.82, 2.24) is 10.2 Å². The molecule has 1 aromatic rings. The van der Waals surface area contributed by atoms with E-state index in [1.807, 2.05) is 29.2 Å². The van der Waals surface area contributed by atoms with Gasteiger partial charge in [0.2, 0.25) is 11.8 Å². The molecule has 4 rings (SSSR count). The van der Waals surface area contributed by atoms with Gasteiger partial charge < -0.3 is 19.9 Å². The minimum Gasteiger partial charge on any atom is -0.482 e. The molecule has 144 valence electrons. The largest absolute Gasteiger partial charge is 0.482 e. The first-order valence-corrected chi connectivity index (χ1v) is 9.72. The monoisotopic (exact) mass is 371 g/mol. The van der Waals surface area contributed by atoms with Crippen LogP contribution in [-0.4, -0.2) is 54.9 Å². The third-order valence-corrected chi connectivity index (χ3v) is 5.50. The summed E-state index contributed by atoms with van der Waals surface area (Å²) in [5.74, 6) is 0.735. The van der Waals surface area contributed by atoms with E-state index < -0.39 is 0 Å². The van der Waals surface area contributed by atoms with Crippen LogP contribution >= 0.6 is 0 Å². The van der Waals surface area contributed by atoms with Crippen molar-refractivity contribution >= 4 is 23.4 Å². The SMILES string of the molecule is O=C(NC1CC1)C1CCN(C(=O)CCN2C(=O)COc3ccccc32)CC1. The van der Waals surface area contributed by atoms with Gasteiger partial charge in [-0.2, -0.15) is 0 Å². The van der Waals surface area contributed by atoms with Crippen LogP contribution in [-0.2, 0) is 14.4 Å². The lowest BCUT2D eigenvalue weighted by Gasteiger charge is -2.33. The lowest BCUT2D eigenvalue weighted by molar-refractivity contribution is -0.135. The second-order valence-corrected chi connectivity index (χ2v) is 7.49. The standard InChI is InChI=1S/C20H25N3O4/c24-18(22-10-7-14(8-11-22)20(26)21-15-5-6-15)9-12-23-16-3-1-2-4-17(16)27-13-19(23)25/h1-4,14-15H,5-13H2,(H,21,26). The van der Waals surface area contributed by atoms with Crippen molar-refractivity contribution in [3.63, 3.8) is 0 Å². The maximum atomic E-state index is 12.6. The van der Waals surface area contributed by atoms with Crippen LogP contribution in [0.15, 0.2) is 24.3 Å². The number of nitrogens with zero attached hydrogens (tertiary/aromatic N) is 2. The van der Waals surface area contributed by atoms with Gasteiger partial charge in [0.05, 0.1) is 5.69 Å². The van der Waals surface area contributed by atoms with E-state index in [1.165, 1.54) is 0 Å². The highest BCUT2D eigenvalue weighted by Crippen LogP contribution is 2.31. The minimum atomic E-state index is -0.128. The van der Waals surface area contributed by atoms with E-state index in [2.05, 4.69) is 5.32 Å². The van der Waals surface area contributed by atoms with Crippen LogP contribution in [0.5, 0.6) is 5.75 Å². The highest BCUT2D eigenvalue weighted by atomic mass is 16.5. The number of hydrogen-bond donors (Lipinski definition) is 1. The fraction of sp³-hybridized carbons (Fsp3) is 0.550. The first-order chi connectivity index (χ1) is 13.1. The van der Waals surface area contributed by atoms with Crippen molar-refractivity contribution in [2.75, 3.05) is 31.1 Å². The van der Waals surface area contributed by atoms with Crippen LogP contribution in [0, 0.1) is 5.92 Å². The van der Waals surface area contributed by atoms with E-state index in [-0.39, 0.29) is 36.7 Å². The summed E-state index contributed by atoms with van der Waals surface area (Å²) in [6.45, 7) is 1.57. The molecule has 0 spiro atoms. The van der Waals surface area contributed by atoms with Crippen LogP contribution in [0.25, 0.3) is 0 Å². The van der Waals surface area contributed by atoms with Gasteiger partial charge in [0, 0.05) is 38.0 Å². The summed E-state index contributed by atoms with van der Waals surface area (Å²) in [5.41, 5.74) is 0.719. The number of ether oxygens (including phenoxy) is 1. The predicted molar refractivity (Wildman–Crippen MR) is 99.4 cm³/mol. The summed E-state index contributed by atoms with van der Waals surface area (Å²) in [4.78, 5) is 40.4. The number of carbonyl (C=O) groups excluding carboxylic acids is 3. The molecule has 27 heavy (non-hydrogen) atoms. The van der Waals surface area contributed by atoms with Crippen LogP contribution in [0.2, 0.25) is 0 Å². The third kappa shape index (κ3) is 4.07. The fourth-order valence-corrected chi connectivity index (χ4v) is 3.70. The Hall–Kier alpha value is -2.57. The highest BCUT2D eigenvalue weighted by Gasteiger charge is 2.31. The number of amides is 3. The molecule has 0 bridgehead atoms. The van der Waals surface area contributed by atoms with Crippen molar-refractivity contribution in [3.05, 3.63) is 24.3 Å². The van der Waals surface area contributed by atoms with Gasteiger partial charge in [-0.05, 0) is 37.8 Å². The van der Waals surface area contributed by atoms with E-state index in [1.54, 1.807) is 4.90 Å². The van der Waals surface area contributed by atoms with Crippen LogP contribution in [0.4, 0.5) is 5.69 Å². The van der Waals surface area contributed by atoms with E-state index in [0.717, 1.165) is 18.5 Å². The Morgan fingerprint density at radius 3 is 2.59 bits per heavy atom. The molecule has 7 nitrogen and oxygen atoms in total. The highest BCUT2D eigenvalue weighted by molar-refractivity contribution is 5.98. The van der Waals surface area contributed by atoms with Crippen molar-refractivity contribution in [2.24, 2.45) is 5.92 Å². The molecule has 3 aliphatic rings. The second-order valence-electron chi connectivity index (χ2n) is 7.49. The van der Waals surface area contributed by atoms with Crippen LogP contribution in [0.1, 0.15) is 32.1 Å². The van der Waals surface area contributed by atoms with Gasteiger partial charge in [0.1, 0.15) is 5.75 Å². The molecule has 1 N–H and O–H groups in total. The number of anilines is 1. The number of carbonyl (C=O) groups is 3. The summed E-state index contributed by atoms with van der Waals surface area (Å²) in [6, 6.07) is 7.76. The van der Waals surface area contributed by atoms with Gasteiger partial charge in [-0.15, -0.1) is 0 Å². The summed E-state index contributed by atoms with van der Waals surface area (Å²) in [6.07, 6.45) is 3.88. The topological polar surface area (TPSA) is 79.0 Å². The molecule has 2 aliphatic heterocycles. The molecule has 1 aliphatic carbocycles. The van der Waals surface area contributed by atoms with Gasteiger partial charge in [-0.1, -0.05) is 12.1 Å². The fourth-order valence-electron chi connectivity index (χ4n) is 3.70. The summed E-state index contributed by atoms with van der Waals surface area (Å²) in [5, 5.41) is 3.05. The maximum absolute atomic E-state index is 12.6. The number of para-hydroxylation sites is 2. The Kier molecular flexibility index (Phi) is 5.01. The molecule has 0 radical (unpaired) electrons. The zero-order chi connectivity index (χ0) is 18.8. The molecule has 2 heterocycles. The molecule has 2 fully saturated rings. The van der Waals surface area contributed by atoms with E-state index in [4.69, 9.17) is 4.74 Å². The van der Waals surface area contributed by atoms with Crippen LogP contribution < -0.4 is 15.0 Å². The van der Waals surface area contributed by atoms with Crippen molar-refractivity contribution in [1.29, 1.82) is 0 Å². The number of hydrogen-bond acceptors (Lipinski definition) is 4. The first-order valence-electron chi connectivity index (χ1n) is 9.72. The number of rotatable bonds is 5. The maximum Gasteiger partial charge on any atom is 0.265 e. The van der Waals surface area contributed by atoms with Gasteiger partial charge in [-0.3, -0.25) is 14.4 Å². The molecule has 1 saturated heterocycles. The van der Waals surface area contributed by atoms with E-state index in [0.29, 0.717) is 44.3 Å². The van der Waals surface area contributed by atoms with Gasteiger partial charge in [0.25, 0.3) is 5.91 Å². The minimum absolute atomic E-state index is 0.00665. The summed E-state index contributed by atoms with van der Waals surface area (Å²) in [7, 11) is 0. The van der Waals surface area contributed by atoms with Gasteiger partial charge >= 0.3 is 0 Å². The Morgan fingerprint density at radius 2 is 1.85 bits per heavy atom. The molecular weight excluding hydrogens is 346 g/mol. The summed E-state index contributed by atoms with van der Waals surface area (Å²) >= 11 is 0. The number of nitrogens with one attached hydrogen (secondary N) is 1. The van der Waals surface area contributed by atoms with Crippen LogP contribution in [0.3, 0.4) is 0 Å². The van der Waals surface area contributed by atoms with Crippen molar-refractivity contribution < 1.29 is 19.1 Å². The Bertz CT molecular complexity index is 738. The Morgan fingerprint density at radius 1 is 1.11 bits per heavy atom. The van der Waals surface area contributed by atoms with Gasteiger partial charge in [-0.25, -0.2) is 0 Å². The molecule has 0 unspecified atom stereocenters. The Balaban J connectivity index is 1.27. The molecule has 1 aromatic carbocycles. The average Bonchev–Trinajstić information content (AvgIpc) is 3.51. The predicted octanol–water partition coefficient (Wildman–Crippen LogP) is 1.32. The second kappa shape index (κ2) is 7.58. The molecule has 7 heteroatoms.